The van der Waals surface area contributed by atoms with Crippen LogP contribution in [0.1, 0.15) is 48.0 Å². The van der Waals surface area contributed by atoms with E-state index in [2.05, 4.69) is 11.1 Å². The fraction of sp³-hybridized carbons (Fsp3) is 0.400. The van der Waals surface area contributed by atoms with E-state index in [-0.39, 0.29) is 11.2 Å². The first-order chi connectivity index (χ1) is 12.0. The van der Waals surface area contributed by atoms with E-state index in [1.54, 1.807) is 18.3 Å². The van der Waals surface area contributed by atoms with Crippen molar-refractivity contribution >= 4 is 23.2 Å². The first kappa shape index (κ1) is 17.9. The zero-order chi connectivity index (χ0) is 17.9. The molecule has 0 aliphatic heterocycles. The van der Waals surface area contributed by atoms with Crippen LogP contribution in [0.3, 0.4) is 0 Å². The summed E-state index contributed by atoms with van der Waals surface area (Å²) in [6, 6.07) is 11.4. The minimum absolute atomic E-state index is 0.0206. The minimum atomic E-state index is -0.0206. The van der Waals surface area contributed by atoms with Crippen LogP contribution >= 0.6 is 11.6 Å². The van der Waals surface area contributed by atoms with E-state index in [1.807, 2.05) is 18.2 Å². The molecule has 1 aromatic heterocycles. The van der Waals surface area contributed by atoms with Gasteiger partial charge in [-0.05, 0) is 61.4 Å². The van der Waals surface area contributed by atoms with Crippen LogP contribution < -0.4 is 11.5 Å². The third-order valence-corrected chi connectivity index (χ3v) is 5.71. The number of carbonyl (C=O) groups is 1. The number of Topliss-reactive ketones (excluding diaryl/α,β-unsaturated/α-hetero) is 1. The molecule has 4 N–H and O–H groups in total. The second-order valence-electron chi connectivity index (χ2n) is 7.04. The number of nitrogen functional groups attached to an aromatic ring is 1. The summed E-state index contributed by atoms with van der Waals surface area (Å²) in [6.45, 7) is 0.607. The van der Waals surface area contributed by atoms with Gasteiger partial charge in [0.05, 0.1) is 0 Å². The van der Waals surface area contributed by atoms with E-state index in [9.17, 15) is 4.79 Å². The molecule has 0 bridgehead atoms. The lowest BCUT2D eigenvalue weighted by molar-refractivity contribution is 0.0937. The molecule has 0 spiro atoms. The van der Waals surface area contributed by atoms with E-state index in [1.165, 1.54) is 5.56 Å². The maximum absolute atomic E-state index is 12.4. The molecule has 0 saturated heterocycles. The van der Waals surface area contributed by atoms with Crippen molar-refractivity contribution in [2.24, 2.45) is 11.7 Å². The van der Waals surface area contributed by atoms with E-state index in [4.69, 9.17) is 23.1 Å². The number of benzene rings is 1. The van der Waals surface area contributed by atoms with Crippen LogP contribution in [0.25, 0.3) is 0 Å². The molecular weight excluding hydrogens is 334 g/mol. The zero-order valence-electron chi connectivity index (χ0n) is 14.2. The average Bonchev–Trinajstić information content (AvgIpc) is 2.63. The first-order valence-electron chi connectivity index (χ1n) is 8.73. The second-order valence-corrected chi connectivity index (χ2v) is 7.47. The van der Waals surface area contributed by atoms with Gasteiger partial charge in [0.2, 0.25) is 0 Å². The van der Waals surface area contributed by atoms with E-state index in [0.29, 0.717) is 30.3 Å². The number of nitrogens with two attached hydrogens (primary N) is 2. The highest BCUT2D eigenvalue weighted by Crippen LogP contribution is 2.42. The molecule has 3 rings (SSSR count). The summed E-state index contributed by atoms with van der Waals surface area (Å²) < 4.78 is 0. The Labute approximate surface area is 153 Å². The number of aromatic nitrogens is 1. The Morgan fingerprint density at radius 3 is 2.60 bits per heavy atom. The standard InChI is InChI=1S/C20H24ClN3O/c21-17-3-1-2-16(11-17)20(13-22)8-6-14(7-9-20)10-18(25)15-4-5-19(23)24-12-15/h1-5,11-12,14H,6-10,13,22H2,(H2,23,24). The van der Waals surface area contributed by atoms with Crippen LogP contribution in [0.4, 0.5) is 5.82 Å². The molecule has 1 fully saturated rings. The van der Waals surface area contributed by atoms with Crippen molar-refractivity contribution in [3.63, 3.8) is 0 Å². The molecule has 25 heavy (non-hydrogen) atoms. The van der Waals surface area contributed by atoms with Gasteiger partial charge < -0.3 is 11.5 Å². The fourth-order valence-corrected chi connectivity index (χ4v) is 4.00. The maximum Gasteiger partial charge on any atom is 0.164 e. The maximum atomic E-state index is 12.4. The highest BCUT2D eigenvalue weighted by molar-refractivity contribution is 6.30. The third-order valence-electron chi connectivity index (χ3n) is 5.47. The Hall–Kier alpha value is -1.91. The van der Waals surface area contributed by atoms with Crippen molar-refractivity contribution in [1.82, 2.24) is 4.98 Å². The van der Waals surface area contributed by atoms with Crippen molar-refractivity contribution in [2.75, 3.05) is 12.3 Å². The lowest BCUT2D eigenvalue weighted by atomic mass is 9.66. The van der Waals surface area contributed by atoms with Crippen LogP contribution in [-0.4, -0.2) is 17.3 Å². The number of nitrogens with zero attached hydrogens (tertiary/aromatic N) is 1. The van der Waals surface area contributed by atoms with Gasteiger partial charge in [0.25, 0.3) is 0 Å². The second kappa shape index (κ2) is 7.54. The number of halogens is 1. The highest BCUT2D eigenvalue weighted by Gasteiger charge is 2.36. The quantitative estimate of drug-likeness (QED) is 0.793. The number of anilines is 1. The van der Waals surface area contributed by atoms with Gasteiger partial charge in [-0.25, -0.2) is 4.98 Å². The van der Waals surface area contributed by atoms with Gasteiger partial charge in [-0.3, -0.25) is 4.79 Å². The van der Waals surface area contributed by atoms with E-state index in [0.717, 1.165) is 30.7 Å². The molecule has 5 heteroatoms. The minimum Gasteiger partial charge on any atom is -0.384 e. The molecule has 1 saturated carbocycles. The summed E-state index contributed by atoms with van der Waals surface area (Å²) in [6.07, 6.45) is 6.09. The Morgan fingerprint density at radius 2 is 2.00 bits per heavy atom. The Kier molecular flexibility index (Phi) is 5.40. The van der Waals surface area contributed by atoms with Crippen molar-refractivity contribution in [3.8, 4) is 0 Å². The van der Waals surface area contributed by atoms with Gasteiger partial charge in [-0.1, -0.05) is 23.7 Å². The molecule has 1 aromatic carbocycles. The van der Waals surface area contributed by atoms with Crippen LogP contribution in [0, 0.1) is 5.92 Å². The topological polar surface area (TPSA) is 82.0 Å². The molecule has 1 heterocycles. The van der Waals surface area contributed by atoms with E-state index >= 15 is 0 Å². The molecule has 0 amide bonds. The number of ketones is 1. The predicted octanol–water partition coefficient (Wildman–Crippen LogP) is 3.98. The lowest BCUT2D eigenvalue weighted by Gasteiger charge is -2.40. The van der Waals surface area contributed by atoms with Crippen LogP contribution in [0.2, 0.25) is 5.02 Å². The summed E-state index contributed by atoms with van der Waals surface area (Å²) in [5.74, 6) is 0.966. The average molecular weight is 358 g/mol. The predicted molar refractivity (Wildman–Crippen MR) is 102 cm³/mol. The Balaban J connectivity index is 1.64. The molecule has 4 nitrogen and oxygen atoms in total. The normalized spacial score (nSPS) is 23.4. The summed E-state index contributed by atoms with van der Waals surface area (Å²) in [5, 5.41) is 0.749. The number of hydrogen-bond acceptors (Lipinski definition) is 4. The smallest absolute Gasteiger partial charge is 0.164 e. The van der Waals surface area contributed by atoms with Gasteiger partial charge in [0, 0.05) is 35.2 Å². The van der Waals surface area contributed by atoms with Crippen LogP contribution in [-0.2, 0) is 5.41 Å². The summed E-state index contributed by atoms with van der Waals surface area (Å²) >= 11 is 6.16. The molecule has 0 atom stereocenters. The van der Waals surface area contributed by atoms with Gasteiger partial charge in [0.1, 0.15) is 5.82 Å². The summed E-state index contributed by atoms with van der Waals surface area (Å²) in [5.41, 5.74) is 13.6. The summed E-state index contributed by atoms with van der Waals surface area (Å²) in [4.78, 5) is 16.5. The van der Waals surface area contributed by atoms with Crippen molar-refractivity contribution in [1.29, 1.82) is 0 Å². The highest BCUT2D eigenvalue weighted by atomic mass is 35.5. The SMILES string of the molecule is NCC1(c2cccc(Cl)c2)CCC(CC(=O)c2ccc(N)nc2)CC1. The number of hydrogen-bond donors (Lipinski definition) is 2. The molecule has 132 valence electrons. The van der Waals surface area contributed by atoms with Crippen molar-refractivity contribution in [2.45, 2.75) is 37.5 Å². The number of pyridine rings is 1. The third kappa shape index (κ3) is 4.02. The molecule has 1 aliphatic rings. The van der Waals surface area contributed by atoms with Crippen molar-refractivity contribution < 1.29 is 4.79 Å². The van der Waals surface area contributed by atoms with Crippen LogP contribution in [0.15, 0.2) is 42.6 Å². The van der Waals surface area contributed by atoms with Gasteiger partial charge in [-0.2, -0.15) is 0 Å². The monoisotopic (exact) mass is 357 g/mol. The van der Waals surface area contributed by atoms with Crippen LogP contribution in [0.5, 0.6) is 0 Å². The van der Waals surface area contributed by atoms with Gasteiger partial charge in [-0.15, -0.1) is 0 Å². The zero-order valence-corrected chi connectivity index (χ0v) is 15.0. The number of carbonyl (C=O) groups excluding carboxylic acids is 1. The van der Waals surface area contributed by atoms with Gasteiger partial charge >= 0.3 is 0 Å². The molecule has 1 aliphatic carbocycles. The molecule has 0 unspecified atom stereocenters. The first-order valence-corrected chi connectivity index (χ1v) is 9.11. The molecule has 0 radical (unpaired) electrons. The Morgan fingerprint density at radius 1 is 1.24 bits per heavy atom. The van der Waals surface area contributed by atoms with Gasteiger partial charge in [0.15, 0.2) is 5.78 Å². The number of rotatable bonds is 5. The van der Waals surface area contributed by atoms with E-state index < -0.39 is 0 Å². The molecular formula is C20H24ClN3O. The Bertz CT molecular complexity index is 737. The van der Waals surface area contributed by atoms with Crippen molar-refractivity contribution in [3.05, 3.63) is 58.7 Å². The largest absolute Gasteiger partial charge is 0.384 e. The fourth-order valence-electron chi connectivity index (χ4n) is 3.81. The summed E-state index contributed by atoms with van der Waals surface area (Å²) in [7, 11) is 0. The molecule has 2 aromatic rings. The lowest BCUT2D eigenvalue weighted by Crippen LogP contribution is -2.39.